The van der Waals surface area contributed by atoms with E-state index in [9.17, 15) is 0 Å². The maximum Gasteiger partial charge on any atom is 0.0831 e. The Bertz CT molecular complexity index is 25.9. The number of hydrogen-bond acceptors (Lipinski definition) is 2. The Balaban J connectivity index is 0. The van der Waals surface area contributed by atoms with Crippen LogP contribution in [0.3, 0.4) is 0 Å². The third kappa shape index (κ3) is 16.7. The predicted octanol–water partition coefficient (Wildman–Crippen LogP) is 1.34. The van der Waals surface area contributed by atoms with E-state index in [1.807, 2.05) is 13.8 Å². The zero-order chi connectivity index (χ0) is 4.71. The first kappa shape index (κ1) is 8.83. The Morgan fingerprint density at radius 2 is 1.20 bits per heavy atom. The average molecular weight is 72.1 g/mol. The van der Waals surface area contributed by atoms with Crippen LogP contribution in [0.4, 0.5) is 0 Å². The molecule has 2 N–H and O–H groups in total. The van der Waals surface area contributed by atoms with E-state index in [1.165, 1.54) is 6.01 Å². The van der Waals surface area contributed by atoms with Gasteiger partial charge in [-0.1, -0.05) is 13.8 Å². The highest BCUT2D eigenvalue weighted by atomic mass is 14.4. The molecule has 0 radical (unpaired) electrons. The smallest absolute Gasteiger partial charge is 0.0831 e. The van der Waals surface area contributed by atoms with E-state index < -0.39 is 0 Å². The van der Waals surface area contributed by atoms with Gasteiger partial charge in [-0.25, -0.2) is 10.8 Å². The molecule has 0 aromatic rings. The van der Waals surface area contributed by atoms with Crippen molar-refractivity contribution in [2.45, 2.75) is 13.8 Å². The molecule has 0 bridgehead atoms. The molecule has 2 heteroatoms. The van der Waals surface area contributed by atoms with Gasteiger partial charge in [0.05, 0.1) is 6.01 Å². The fourth-order valence-electron chi connectivity index (χ4n) is 0. The Morgan fingerprint density at radius 3 is 1.20 bits per heavy atom. The highest BCUT2D eigenvalue weighted by Crippen LogP contribution is 1.14. The summed E-state index contributed by atoms with van der Waals surface area (Å²) in [5, 5.41) is 11.2. The molecule has 5 heavy (non-hydrogen) atoms. The summed E-state index contributed by atoms with van der Waals surface area (Å²) in [6.07, 6.45) is 0. The molecule has 30 valence electrons. The average Bonchev–Trinajstić information content (AvgIpc) is 1.46. The molecule has 0 aromatic heterocycles. The second-order valence-electron chi connectivity index (χ2n) is 0.125. The van der Waals surface area contributed by atoms with E-state index in [0.717, 1.165) is 0 Å². The summed E-state index contributed by atoms with van der Waals surface area (Å²) in [6, 6.07) is 1.25. The molecule has 0 fully saturated rings. The first-order valence-corrected chi connectivity index (χ1v) is 1.50. The molecule has 0 unspecified atom stereocenters. The van der Waals surface area contributed by atoms with Crippen molar-refractivity contribution in [3.63, 3.8) is 0 Å². The molecule has 0 aliphatic carbocycles. The molecule has 0 amide bonds. The van der Waals surface area contributed by atoms with Gasteiger partial charge in [-0.2, -0.15) is 0 Å². The standard InChI is InChI=1S/C2H6.CH2N2/c1-2;2-1-3/h1-2H3;2-3H. The fourth-order valence-corrected chi connectivity index (χ4v) is 0. The van der Waals surface area contributed by atoms with Crippen molar-refractivity contribution in [3.05, 3.63) is 0 Å². The molecule has 0 aliphatic rings. The van der Waals surface area contributed by atoms with E-state index in [1.54, 1.807) is 0 Å². The third-order valence-corrected chi connectivity index (χ3v) is 0. The summed E-state index contributed by atoms with van der Waals surface area (Å²) < 4.78 is 0. The van der Waals surface area contributed by atoms with E-state index >= 15 is 0 Å². The summed E-state index contributed by atoms with van der Waals surface area (Å²) in [4.78, 5) is 0. The van der Waals surface area contributed by atoms with Crippen molar-refractivity contribution >= 4 is 6.01 Å². The molecule has 0 aliphatic heterocycles. The normalized spacial score (nSPS) is 2.80. The van der Waals surface area contributed by atoms with Crippen LogP contribution in [0.2, 0.25) is 0 Å². The monoisotopic (exact) mass is 72.1 g/mol. The third-order valence-electron chi connectivity index (χ3n) is 0. The van der Waals surface area contributed by atoms with E-state index in [4.69, 9.17) is 10.8 Å². The molecule has 2 nitrogen and oxygen atoms in total. The Morgan fingerprint density at radius 1 is 1.20 bits per heavy atom. The van der Waals surface area contributed by atoms with Crippen LogP contribution in [-0.4, -0.2) is 6.01 Å². The Labute approximate surface area is 31.8 Å². The minimum absolute atomic E-state index is 1.25. The zero-order valence-corrected chi connectivity index (χ0v) is 3.50. The van der Waals surface area contributed by atoms with Gasteiger partial charge < -0.3 is 0 Å². The fraction of sp³-hybridized carbons (Fsp3) is 0.667. The van der Waals surface area contributed by atoms with Crippen LogP contribution in [0.1, 0.15) is 13.8 Å². The zero-order valence-electron chi connectivity index (χ0n) is 3.50. The summed E-state index contributed by atoms with van der Waals surface area (Å²) in [6.45, 7) is 4.00. The van der Waals surface area contributed by atoms with Crippen molar-refractivity contribution in [1.29, 1.82) is 10.8 Å². The van der Waals surface area contributed by atoms with Crippen LogP contribution in [0.25, 0.3) is 0 Å². The lowest BCUT2D eigenvalue weighted by molar-refractivity contribution is 1.47. The maximum atomic E-state index is 5.62. The first-order valence-electron chi connectivity index (χ1n) is 1.50. The molecule has 0 spiro atoms. The Kier molecular flexibility index (Phi) is 234. The highest BCUT2D eigenvalue weighted by molar-refractivity contribution is 5.29. The van der Waals surface area contributed by atoms with Crippen LogP contribution < -0.4 is 0 Å². The molecule has 0 heterocycles. The van der Waals surface area contributed by atoms with Gasteiger partial charge in [0, 0.05) is 0 Å². The lowest BCUT2D eigenvalue weighted by Gasteiger charge is -1.09. The summed E-state index contributed by atoms with van der Waals surface area (Å²) in [7, 11) is 0. The number of rotatable bonds is 0. The van der Waals surface area contributed by atoms with Gasteiger partial charge in [0.1, 0.15) is 0 Å². The topological polar surface area (TPSA) is 47.7 Å². The maximum absolute atomic E-state index is 5.62. The SMILES string of the molecule is CC.N=C=N. The van der Waals surface area contributed by atoms with Gasteiger partial charge in [0.25, 0.3) is 0 Å². The van der Waals surface area contributed by atoms with E-state index in [-0.39, 0.29) is 0 Å². The lowest BCUT2D eigenvalue weighted by Crippen LogP contribution is -1.11. The Hall–Kier alpha value is -0.620. The molecular formula is C3H8N2. The van der Waals surface area contributed by atoms with Gasteiger partial charge in [-0.3, -0.25) is 0 Å². The first-order chi connectivity index (χ1) is 2.41. The molecular weight excluding hydrogens is 64.0 g/mol. The largest absolute Gasteiger partial charge is 0.242 e. The van der Waals surface area contributed by atoms with Crippen LogP contribution in [0, 0.1) is 10.8 Å². The van der Waals surface area contributed by atoms with Crippen molar-refractivity contribution in [2.75, 3.05) is 0 Å². The van der Waals surface area contributed by atoms with Gasteiger partial charge in [-0.05, 0) is 0 Å². The van der Waals surface area contributed by atoms with Gasteiger partial charge in [0.2, 0.25) is 0 Å². The number of nitrogens with one attached hydrogen (secondary N) is 2. The molecule has 0 rings (SSSR count). The summed E-state index contributed by atoms with van der Waals surface area (Å²) in [5.41, 5.74) is 0. The minimum Gasteiger partial charge on any atom is -0.242 e. The summed E-state index contributed by atoms with van der Waals surface area (Å²) >= 11 is 0. The van der Waals surface area contributed by atoms with E-state index in [0.29, 0.717) is 0 Å². The van der Waals surface area contributed by atoms with Gasteiger partial charge >= 0.3 is 0 Å². The van der Waals surface area contributed by atoms with Crippen LogP contribution >= 0.6 is 0 Å². The lowest BCUT2D eigenvalue weighted by atomic mass is 11.0. The highest BCUT2D eigenvalue weighted by Gasteiger charge is 0.936. The van der Waals surface area contributed by atoms with Crippen LogP contribution in [-0.2, 0) is 0 Å². The quantitative estimate of drug-likeness (QED) is 0.406. The molecule has 0 atom stereocenters. The van der Waals surface area contributed by atoms with Crippen molar-refractivity contribution in [3.8, 4) is 0 Å². The van der Waals surface area contributed by atoms with Crippen molar-refractivity contribution < 1.29 is 0 Å². The van der Waals surface area contributed by atoms with Crippen molar-refractivity contribution in [2.24, 2.45) is 0 Å². The number of hydrogen-bond donors (Lipinski definition) is 2. The summed E-state index contributed by atoms with van der Waals surface area (Å²) in [5.74, 6) is 0. The molecule has 0 saturated carbocycles. The van der Waals surface area contributed by atoms with Gasteiger partial charge in [0.15, 0.2) is 0 Å². The van der Waals surface area contributed by atoms with Crippen molar-refractivity contribution in [1.82, 2.24) is 0 Å². The van der Waals surface area contributed by atoms with E-state index in [2.05, 4.69) is 0 Å². The molecule has 0 aromatic carbocycles. The second-order valence-corrected chi connectivity index (χ2v) is 0.125. The molecule has 0 saturated heterocycles. The van der Waals surface area contributed by atoms with Gasteiger partial charge in [-0.15, -0.1) is 0 Å². The predicted molar refractivity (Wildman–Crippen MR) is 21.8 cm³/mol. The van der Waals surface area contributed by atoms with Crippen LogP contribution in [0.5, 0.6) is 0 Å². The van der Waals surface area contributed by atoms with Crippen LogP contribution in [0.15, 0.2) is 0 Å². The second kappa shape index (κ2) is 133. The minimum atomic E-state index is 1.25.